The van der Waals surface area contributed by atoms with Gasteiger partial charge in [0.2, 0.25) is 5.91 Å². The van der Waals surface area contributed by atoms with Crippen LogP contribution >= 0.6 is 15.9 Å². The summed E-state index contributed by atoms with van der Waals surface area (Å²) in [5, 5.41) is 2.69. The second kappa shape index (κ2) is 6.43. The highest BCUT2D eigenvalue weighted by Gasteiger charge is 1.97. The quantitative estimate of drug-likeness (QED) is 0.846. The minimum absolute atomic E-state index is 0.0297. The van der Waals surface area contributed by atoms with Crippen LogP contribution in [-0.2, 0) is 4.79 Å². The highest BCUT2D eigenvalue weighted by atomic mass is 79.9. The number of hydrogen-bond donors (Lipinski definition) is 1. The number of rotatable bonds is 4. The molecule has 0 saturated heterocycles. The summed E-state index contributed by atoms with van der Waals surface area (Å²) in [6.07, 6.45) is 4.59. The fourth-order valence-electron chi connectivity index (χ4n) is 1.17. The largest absolute Gasteiger partial charge is 0.356 e. The van der Waals surface area contributed by atoms with Gasteiger partial charge in [-0.1, -0.05) is 18.2 Å². The molecule has 1 aromatic rings. The molecule has 0 aliphatic carbocycles. The monoisotopic (exact) mass is 285 g/mol. The van der Waals surface area contributed by atoms with E-state index in [1.54, 1.807) is 12.1 Å². The summed E-state index contributed by atoms with van der Waals surface area (Å²) in [5.74, 6) is -0.298. The Bertz CT molecular complexity index is 404. The minimum Gasteiger partial charge on any atom is -0.356 e. The number of benzene rings is 1. The van der Waals surface area contributed by atoms with E-state index in [2.05, 4.69) is 21.2 Å². The third-order valence-corrected chi connectivity index (χ3v) is 2.55. The maximum atomic E-state index is 12.9. The molecule has 4 heteroatoms. The Hall–Kier alpha value is -1.16. The summed E-state index contributed by atoms with van der Waals surface area (Å²) in [6, 6.07) is 4.83. The normalized spacial score (nSPS) is 10.7. The first-order valence-electron chi connectivity index (χ1n) is 4.95. The van der Waals surface area contributed by atoms with Gasteiger partial charge in [-0.2, -0.15) is 0 Å². The predicted molar refractivity (Wildman–Crippen MR) is 66.4 cm³/mol. The van der Waals surface area contributed by atoms with Crippen LogP contribution < -0.4 is 5.32 Å². The average molecular weight is 286 g/mol. The Morgan fingerprint density at radius 1 is 1.56 bits per heavy atom. The Labute approximate surface area is 103 Å². The predicted octanol–water partition coefficient (Wildman–Crippen LogP) is 3.13. The van der Waals surface area contributed by atoms with Crippen molar-refractivity contribution in [2.24, 2.45) is 0 Å². The van der Waals surface area contributed by atoms with Gasteiger partial charge in [-0.05, 0) is 40.0 Å². The second-order valence-corrected chi connectivity index (χ2v) is 4.20. The number of carbonyl (C=O) groups is 1. The summed E-state index contributed by atoms with van der Waals surface area (Å²) < 4.78 is 13.4. The third-order valence-electron chi connectivity index (χ3n) is 1.94. The summed E-state index contributed by atoms with van der Waals surface area (Å²) in [6.45, 7) is 2.11. The number of nitrogens with one attached hydrogen (secondary N) is 1. The molecule has 1 aromatic carbocycles. The zero-order valence-corrected chi connectivity index (χ0v) is 10.6. The van der Waals surface area contributed by atoms with Crippen LogP contribution in [0.25, 0.3) is 6.08 Å². The molecule has 16 heavy (non-hydrogen) atoms. The molecular weight excluding hydrogens is 273 g/mol. The van der Waals surface area contributed by atoms with Gasteiger partial charge in [-0.15, -0.1) is 0 Å². The van der Waals surface area contributed by atoms with Gasteiger partial charge in [0.05, 0.1) is 4.47 Å². The van der Waals surface area contributed by atoms with Gasteiger partial charge in [-0.3, -0.25) is 4.79 Å². The lowest BCUT2D eigenvalue weighted by molar-refractivity contribution is -0.118. The zero-order chi connectivity index (χ0) is 12.0. The van der Waals surface area contributed by atoms with Crippen molar-refractivity contribution in [2.75, 3.05) is 6.54 Å². The Morgan fingerprint density at radius 3 is 2.94 bits per heavy atom. The molecule has 1 amide bonds. The molecule has 0 atom stereocenters. The van der Waals surface area contributed by atoms with Gasteiger partial charge in [-0.25, -0.2) is 4.39 Å². The van der Waals surface area contributed by atoms with E-state index < -0.39 is 0 Å². The van der Waals surface area contributed by atoms with E-state index in [-0.39, 0.29) is 11.7 Å². The van der Waals surface area contributed by atoms with E-state index in [9.17, 15) is 9.18 Å². The fourth-order valence-corrected chi connectivity index (χ4v) is 1.56. The number of hydrogen-bond acceptors (Lipinski definition) is 1. The maximum absolute atomic E-state index is 12.9. The molecule has 0 aliphatic heterocycles. The van der Waals surface area contributed by atoms with Crippen LogP contribution in [0, 0.1) is 5.82 Å². The van der Waals surface area contributed by atoms with Crippen LogP contribution in [-0.4, -0.2) is 12.5 Å². The minimum atomic E-state index is -0.268. The van der Waals surface area contributed by atoms with Gasteiger partial charge in [0, 0.05) is 13.5 Å². The van der Waals surface area contributed by atoms with Crippen molar-refractivity contribution in [2.45, 2.75) is 13.3 Å². The first kappa shape index (κ1) is 12.9. The molecule has 0 unspecified atom stereocenters. The van der Waals surface area contributed by atoms with E-state index in [0.29, 0.717) is 11.0 Å². The van der Waals surface area contributed by atoms with Gasteiger partial charge in [0.1, 0.15) is 5.82 Å². The Morgan fingerprint density at radius 2 is 2.31 bits per heavy atom. The topological polar surface area (TPSA) is 29.1 Å². The van der Waals surface area contributed by atoms with Gasteiger partial charge >= 0.3 is 0 Å². The third kappa shape index (κ3) is 4.57. The van der Waals surface area contributed by atoms with E-state index >= 15 is 0 Å². The zero-order valence-electron chi connectivity index (χ0n) is 8.97. The van der Waals surface area contributed by atoms with Crippen molar-refractivity contribution in [3.05, 3.63) is 40.1 Å². The SMILES string of the molecule is CC(=O)NCCC=Cc1ccc(F)c(Br)c1. The van der Waals surface area contributed by atoms with Gasteiger partial charge < -0.3 is 5.32 Å². The van der Waals surface area contributed by atoms with Gasteiger partial charge in [0.15, 0.2) is 0 Å². The van der Waals surface area contributed by atoms with E-state index in [4.69, 9.17) is 0 Å². The van der Waals surface area contributed by atoms with Crippen LogP contribution in [0.4, 0.5) is 4.39 Å². The molecule has 0 heterocycles. The number of halogens is 2. The van der Waals surface area contributed by atoms with E-state index in [1.807, 2.05) is 12.2 Å². The van der Waals surface area contributed by atoms with Crippen LogP contribution in [0.15, 0.2) is 28.7 Å². The number of amides is 1. The van der Waals surface area contributed by atoms with Crippen molar-refractivity contribution in [3.63, 3.8) is 0 Å². The molecule has 2 nitrogen and oxygen atoms in total. The molecule has 0 fully saturated rings. The van der Waals surface area contributed by atoms with Crippen molar-refractivity contribution in [3.8, 4) is 0 Å². The lowest BCUT2D eigenvalue weighted by Gasteiger charge is -1.98. The second-order valence-electron chi connectivity index (χ2n) is 3.35. The van der Waals surface area contributed by atoms with Crippen LogP contribution in [0.2, 0.25) is 0 Å². The molecule has 1 rings (SSSR count). The first-order valence-corrected chi connectivity index (χ1v) is 5.75. The summed E-state index contributed by atoms with van der Waals surface area (Å²) >= 11 is 3.12. The molecule has 0 saturated carbocycles. The molecule has 0 aromatic heterocycles. The smallest absolute Gasteiger partial charge is 0.216 e. The highest BCUT2D eigenvalue weighted by Crippen LogP contribution is 2.17. The molecular formula is C12H13BrFNO. The van der Waals surface area contributed by atoms with E-state index in [0.717, 1.165) is 12.0 Å². The number of carbonyl (C=O) groups excluding carboxylic acids is 1. The fraction of sp³-hybridized carbons (Fsp3) is 0.250. The standard InChI is InChI=1S/C12H13BrFNO/c1-9(16)15-7-3-2-4-10-5-6-12(14)11(13)8-10/h2,4-6,8H,3,7H2,1H3,(H,15,16). The molecule has 0 bridgehead atoms. The summed E-state index contributed by atoms with van der Waals surface area (Å²) in [7, 11) is 0. The molecule has 0 spiro atoms. The van der Waals surface area contributed by atoms with Crippen molar-refractivity contribution in [1.82, 2.24) is 5.32 Å². The Balaban J connectivity index is 2.44. The van der Waals surface area contributed by atoms with E-state index in [1.165, 1.54) is 13.0 Å². The average Bonchev–Trinajstić information content (AvgIpc) is 2.22. The maximum Gasteiger partial charge on any atom is 0.216 e. The molecule has 0 radical (unpaired) electrons. The van der Waals surface area contributed by atoms with Crippen LogP contribution in [0.1, 0.15) is 18.9 Å². The highest BCUT2D eigenvalue weighted by molar-refractivity contribution is 9.10. The molecule has 0 aliphatic rings. The lowest BCUT2D eigenvalue weighted by Crippen LogP contribution is -2.20. The first-order chi connectivity index (χ1) is 7.59. The van der Waals surface area contributed by atoms with Gasteiger partial charge in [0.25, 0.3) is 0 Å². The Kier molecular flexibility index (Phi) is 5.19. The van der Waals surface area contributed by atoms with Crippen molar-refractivity contribution in [1.29, 1.82) is 0 Å². The van der Waals surface area contributed by atoms with Crippen LogP contribution in [0.3, 0.4) is 0 Å². The summed E-state index contributed by atoms with van der Waals surface area (Å²) in [4.78, 5) is 10.6. The molecule has 1 N–H and O–H groups in total. The summed E-state index contributed by atoms with van der Waals surface area (Å²) in [5.41, 5.74) is 0.927. The van der Waals surface area contributed by atoms with Crippen molar-refractivity contribution < 1.29 is 9.18 Å². The van der Waals surface area contributed by atoms with Crippen LogP contribution in [0.5, 0.6) is 0 Å². The van der Waals surface area contributed by atoms with Crippen molar-refractivity contribution >= 4 is 27.9 Å². The molecule has 86 valence electrons. The lowest BCUT2D eigenvalue weighted by atomic mass is 10.2.